The lowest BCUT2D eigenvalue weighted by atomic mass is 9.48. The van der Waals surface area contributed by atoms with Gasteiger partial charge in [0.25, 0.3) is 23.6 Å². The molecule has 3 aliphatic heterocycles. The summed E-state index contributed by atoms with van der Waals surface area (Å²) < 4.78 is 47.4. The van der Waals surface area contributed by atoms with E-state index in [1.165, 1.54) is 13.1 Å². The number of phenols is 1. The molecule has 6 atom stereocenters. The van der Waals surface area contributed by atoms with Crippen LogP contribution in [0.1, 0.15) is 35.2 Å². The highest BCUT2D eigenvalue weighted by atomic mass is 35.5. The van der Waals surface area contributed by atoms with E-state index >= 15 is 4.79 Å². The van der Waals surface area contributed by atoms with Crippen molar-refractivity contribution in [3.63, 3.8) is 0 Å². The van der Waals surface area contributed by atoms with Crippen LogP contribution in [0, 0.1) is 36.5 Å². The lowest BCUT2D eigenvalue weighted by Gasteiger charge is -2.51. The van der Waals surface area contributed by atoms with Crippen molar-refractivity contribution in [3.8, 4) is 11.5 Å². The molecule has 0 spiro atoms. The molecule has 4 heterocycles. The smallest absolute Gasteiger partial charge is 0.433 e. The highest BCUT2D eigenvalue weighted by Gasteiger charge is 2.71. The summed E-state index contributed by atoms with van der Waals surface area (Å²) in [4.78, 5) is 63.0. The van der Waals surface area contributed by atoms with Gasteiger partial charge in [-0.15, -0.1) is 0 Å². The number of alkyl halides is 3. The Kier molecular flexibility index (Phi) is 8.69. The summed E-state index contributed by atoms with van der Waals surface area (Å²) in [7, 11) is 1.25. The average Bonchev–Trinajstić information content (AvgIpc) is 3.58. The zero-order valence-electron chi connectivity index (χ0n) is 31.0. The summed E-state index contributed by atoms with van der Waals surface area (Å²) in [5, 5.41) is 13.0. The minimum Gasteiger partial charge on any atom is -0.508 e. The van der Waals surface area contributed by atoms with Crippen LogP contribution in [0.15, 0.2) is 108 Å². The number of amides is 4. The van der Waals surface area contributed by atoms with Gasteiger partial charge in [0.15, 0.2) is 5.82 Å². The number of aromatic nitrogens is 1. The summed E-state index contributed by atoms with van der Waals surface area (Å²) >= 11 is 6.33. The van der Waals surface area contributed by atoms with Gasteiger partial charge in [-0.3, -0.25) is 29.6 Å². The van der Waals surface area contributed by atoms with E-state index in [0.29, 0.717) is 39.8 Å². The molecule has 58 heavy (non-hydrogen) atoms. The number of fused-ring (bicyclic) bond motifs is 5. The molecule has 11 nitrogen and oxygen atoms in total. The molecule has 4 aromatic rings. The van der Waals surface area contributed by atoms with Gasteiger partial charge < -0.3 is 9.84 Å². The summed E-state index contributed by atoms with van der Waals surface area (Å²) in [6.07, 6.45) is -1.09. The molecule has 296 valence electrons. The van der Waals surface area contributed by atoms with E-state index in [1.54, 1.807) is 42.7 Å². The Labute approximate surface area is 335 Å². The number of hydrazine groups is 2. The van der Waals surface area contributed by atoms with Gasteiger partial charge in [0.2, 0.25) is 0 Å². The predicted molar refractivity (Wildman–Crippen MR) is 205 cm³/mol. The first-order chi connectivity index (χ1) is 27.7. The molecule has 1 saturated carbocycles. The maximum Gasteiger partial charge on any atom is 0.433 e. The van der Waals surface area contributed by atoms with Crippen LogP contribution in [0.5, 0.6) is 11.5 Å². The van der Waals surface area contributed by atoms with E-state index in [-0.39, 0.29) is 30.0 Å². The van der Waals surface area contributed by atoms with Crippen LogP contribution >= 0.6 is 11.6 Å². The molecule has 5 aliphatic rings. The molecule has 0 radical (unpaired) electrons. The van der Waals surface area contributed by atoms with E-state index in [4.69, 9.17) is 16.3 Å². The fraction of sp³-hybridized carbons (Fsp3) is 0.279. The van der Waals surface area contributed by atoms with Gasteiger partial charge >= 0.3 is 6.18 Å². The number of benzene rings is 3. The standard InChI is InChI=1S/C43H35ClF3N5O6/c1-22-8-10-26(11-9-22)49-51-39(55)31-20-30-28(13-14-29-35(30)40(56)52(38(29)54)50(2)37-32(44)15-17-34(48-37)43(45,46)47)36(42(31,41(51)57)25-6-4-3-5-7-25)24-18-23-19-27(53)12-16-33(23)58-21-24/h3-13,15-17,19,21,29-31,35-36,49,53H,14,18,20H2,1-2H3/t29-,30+,31-,35-,36-,42+/m0/s1. The fourth-order valence-corrected chi connectivity index (χ4v) is 9.98. The van der Waals surface area contributed by atoms with Crippen LogP contribution in [0.4, 0.5) is 24.7 Å². The molecule has 2 N–H and O–H groups in total. The summed E-state index contributed by atoms with van der Waals surface area (Å²) in [5.74, 6) is -6.95. The molecule has 4 amide bonds. The molecule has 3 aromatic carbocycles. The number of hydrogen-bond donors (Lipinski definition) is 2. The number of rotatable bonds is 6. The first kappa shape index (κ1) is 37.4. The van der Waals surface area contributed by atoms with E-state index in [9.17, 15) is 32.7 Å². The molecule has 2 aliphatic carbocycles. The van der Waals surface area contributed by atoms with Crippen molar-refractivity contribution in [2.45, 2.75) is 37.8 Å². The van der Waals surface area contributed by atoms with Crippen LogP contribution in [0.25, 0.3) is 0 Å². The van der Waals surface area contributed by atoms with Crippen LogP contribution in [-0.4, -0.2) is 50.8 Å². The van der Waals surface area contributed by atoms with Gasteiger partial charge in [0.1, 0.15) is 17.2 Å². The minimum atomic E-state index is -4.82. The molecule has 1 aromatic heterocycles. The highest BCUT2D eigenvalue weighted by molar-refractivity contribution is 6.33. The molecule has 3 fully saturated rings. The van der Waals surface area contributed by atoms with E-state index < -0.39 is 76.3 Å². The monoisotopic (exact) mass is 809 g/mol. The Morgan fingerprint density at radius 3 is 2.41 bits per heavy atom. The zero-order chi connectivity index (χ0) is 40.8. The van der Waals surface area contributed by atoms with Crippen molar-refractivity contribution in [1.29, 1.82) is 0 Å². The second-order valence-corrected chi connectivity index (χ2v) is 15.8. The van der Waals surface area contributed by atoms with Gasteiger partial charge in [0, 0.05) is 24.9 Å². The maximum atomic E-state index is 15.4. The van der Waals surface area contributed by atoms with E-state index in [0.717, 1.165) is 26.7 Å². The van der Waals surface area contributed by atoms with Crippen molar-refractivity contribution < 1.29 is 42.2 Å². The van der Waals surface area contributed by atoms with Crippen molar-refractivity contribution in [2.75, 3.05) is 17.5 Å². The van der Waals surface area contributed by atoms with E-state index in [2.05, 4.69) is 10.4 Å². The van der Waals surface area contributed by atoms with Crippen LogP contribution < -0.4 is 15.2 Å². The lowest BCUT2D eigenvalue weighted by molar-refractivity contribution is -0.142. The molecule has 0 unspecified atom stereocenters. The Morgan fingerprint density at radius 1 is 0.948 bits per heavy atom. The van der Waals surface area contributed by atoms with Crippen molar-refractivity contribution >= 4 is 46.7 Å². The Hall–Kier alpha value is -6.15. The van der Waals surface area contributed by atoms with Gasteiger partial charge in [-0.1, -0.05) is 71.3 Å². The topological polar surface area (TPSA) is 132 Å². The first-order valence-electron chi connectivity index (χ1n) is 18.7. The lowest BCUT2D eigenvalue weighted by Crippen LogP contribution is -2.55. The van der Waals surface area contributed by atoms with E-state index in [1.807, 2.05) is 43.3 Å². The number of phenolic OH excluding ortho intramolecular Hbond substituents is 1. The quantitative estimate of drug-likeness (QED) is 0.154. The zero-order valence-corrected chi connectivity index (χ0v) is 31.8. The first-order valence-corrected chi connectivity index (χ1v) is 19.1. The number of halogens is 4. The van der Waals surface area contributed by atoms with Crippen LogP contribution in [0.2, 0.25) is 5.02 Å². The number of allylic oxidation sites excluding steroid dienone is 3. The third-order valence-corrected chi connectivity index (χ3v) is 12.5. The SMILES string of the molecule is Cc1ccc(NN2C(=O)[C@@H]3C[C@@H]4C(=CC[C@@H]5C(=O)N(N(C)c6nc(C(F)(F)F)ccc6Cl)C(=O)[C@@H]54)[C@H](C4=COc5ccc(O)cc5C4)[C@]3(c3ccccc3)C2=O)cc1. The number of hydrogen-bond acceptors (Lipinski definition) is 9. The minimum absolute atomic E-state index is 0.000301. The summed E-state index contributed by atoms with van der Waals surface area (Å²) in [6, 6.07) is 22.7. The average molecular weight is 810 g/mol. The number of nitrogens with one attached hydrogen (secondary N) is 1. The predicted octanol–water partition coefficient (Wildman–Crippen LogP) is 7.16. The third-order valence-electron chi connectivity index (χ3n) is 12.2. The molecule has 15 heteroatoms. The second-order valence-electron chi connectivity index (χ2n) is 15.4. The Morgan fingerprint density at radius 2 is 1.69 bits per heavy atom. The van der Waals surface area contributed by atoms with Crippen molar-refractivity contribution in [1.82, 2.24) is 15.0 Å². The summed E-state index contributed by atoms with van der Waals surface area (Å²) in [6.45, 7) is 1.92. The summed E-state index contributed by atoms with van der Waals surface area (Å²) in [5.41, 5.74) is 4.24. The number of carbonyl (C=O) groups is 4. The van der Waals surface area contributed by atoms with Crippen molar-refractivity contribution in [3.05, 3.63) is 136 Å². The molecule has 0 bridgehead atoms. The number of ether oxygens (including phenoxy) is 1. The highest BCUT2D eigenvalue weighted by Crippen LogP contribution is 2.63. The molecule has 9 rings (SSSR count). The largest absolute Gasteiger partial charge is 0.508 e. The van der Waals surface area contributed by atoms with Gasteiger partial charge in [-0.2, -0.15) is 23.2 Å². The van der Waals surface area contributed by atoms with Gasteiger partial charge in [0.05, 0.1) is 40.1 Å². The molecule has 2 saturated heterocycles. The number of carbonyl (C=O) groups excluding carboxylic acids is 4. The number of imide groups is 2. The van der Waals surface area contributed by atoms with Gasteiger partial charge in [-0.25, -0.2) is 4.98 Å². The third kappa shape index (κ3) is 5.59. The maximum absolute atomic E-state index is 15.4. The number of pyridine rings is 1. The number of anilines is 2. The second kappa shape index (κ2) is 13.5. The Balaban J connectivity index is 1.18. The fourth-order valence-electron chi connectivity index (χ4n) is 9.75. The number of nitrogens with zero attached hydrogens (tertiary/aromatic N) is 4. The molecular weight excluding hydrogens is 775 g/mol. The normalized spacial score (nSPS) is 26.3. The number of aryl methyl sites for hydroxylation is 1. The van der Waals surface area contributed by atoms with Gasteiger partial charge in [-0.05, 0) is 79.3 Å². The van der Waals surface area contributed by atoms with Crippen LogP contribution in [-0.2, 0) is 37.2 Å². The van der Waals surface area contributed by atoms with Crippen LogP contribution in [0.3, 0.4) is 0 Å². The Bertz CT molecular complexity index is 2480. The molecular formula is C43H35ClF3N5O6. The van der Waals surface area contributed by atoms with Crippen molar-refractivity contribution in [2.24, 2.45) is 29.6 Å². The number of aromatic hydroxyl groups is 1.